The smallest absolute Gasteiger partial charge is 0.296 e. The molecule has 4 heterocycles. The Labute approximate surface area is 203 Å². The molecule has 0 aliphatic rings. The van der Waals surface area contributed by atoms with E-state index in [0.29, 0.717) is 37.9 Å². The second-order valence-corrected chi connectivity index (χ2v) is 8.46. The van der Waals surface area contributed by atoms with E-state index in [1.54, 1.807) is 48.4 Å². The van der Waals surface area contributed by atoms with Gasteiger partial charge in [-0.3, -0.25) is 15.1 Å². The molecule has 0 aliphatic heterocycles. The second-order valence-electron chi connectivity index (χ2n) is 7.09. The molecule has 0 aliphatic carbocycles. The van der Waals surface area contributed by atoms with Crippen molar-refractivity contribution in [1.82, 2.24) is 24.8 Å². The van der Waals surface area contributed by atoms with Gasteiger partial charge in [-0.1, -0.05) is 34.9 Å². The Morgan fingerprint density at radius 3 is 2.85 bits per heavy atom. The fraction of sp³-hybridized carbons (Fsp3) is 0.0870. The van der Waals surface area contributed by atoms with Gasteiger partial charge in [0.1, 0.15) is 12.4 Å². The summed E-state index contributed by atoms with van der Waals surface area (Å²) in [5, 5.41) is 16.3. The number of amides is 1. The van der Waals surface area contributed by atoms with Gasteiger partial charge in [0.15, 0.2) is 0 Å². The summed E-state index contributed by atoms with van der Waals surface area (Å²) >= 11 is 6.97. The van der Waals surface area contributed by atoms with E-state index < -0.39 is 0 Å². The van der Waals surface area contributed by atoms with E-state index in [4.69, 9.17) is 21.1 Å². The van der Waals surface area contributed by atoms with Crippen molar-refractivity contribution >= 4 is 39.5 Å². The molecule has 1 aromatic carbocycles. The average Bonchev–Trinajstić information content (AvgIpc) is 3.51. The van der Waals surface area contributed by atoms with Gasteiger partial charge in [-0.2, -0.15) is 5.10 Å². The lowest BCUT2D eigenvalue weighted by Gasteiger charge is -2.13. The van der Waals surface area contributed by atoms with Crippen molar-refractivity contribution in [2.45, 2.75) is 6.61 Å². The molecule has 0 bridgehead atoms. The van der Waals surface area contributed by atoms with Crippen molar-refractivity contribution in [2.24, 2.45) is 0 Å². The average molecular weight is 493 g/mol. The standard InChI is InChI=1S/C23H17ClN6O3S/c1-32-20-5-3-2-4-17(20)19-12-30-16(8-9-26-30)10-18(19)21(31)27-22-28-29-23(34-22)33-13-15-7-6-14(24)11-25-15/h2-12H,13H2,1H3,(H,27,28,31). The summed E-state index contributed by atoms with van der Waals surface area (Å²) < 4.78 is 12.8. The number of pyridine rings is 2. The van der Waals surface area contributed by atoms with Crippen LogP contribution in [0.5, 0.6) is 10.9 Å². The highest BCUT2D eigenvalue weighted by Crippen LogP contribution is 2.33. The van der Waals surface area contributed by atoms with E-state index in [2.05, 4.69) is 25.6 Å². The van der Waals surface area contributed by atoms with Gasteiger partial charge in [-0.25, -0.2) is 4.52 Å². The number of carbonyl (C=O) groups excluding carboxylic acids is 1. The fourth-order valence-electron chi connectivity index (χ4n) is 3.34. The van der Waals surface area contributed by atoms with Crippen LogP contribution in [0.1, 0.15) is 16.1 Å². The zero-order valence-electron chi connectivity index (χ0n) is 17.8. The quantitative estimate of drug-likeness (QED) is 0.350. The minimum absolute atomic E-state index is 0.204. The highest BCUT2D eigenvalue weighted by molar-refractivity contribution is 7.17. The number of rotatable bonds is 7. The third-order valence-corrected chi connectivity index (χ3v) is 5.91. The minimum atomic E-state index is -0.341. The maximum absolute atomic E-state index is 13.3. The number of para-hydroxylation sites is 1. The number of hydrogen-bond acceptors (Lipinski definition) is 8. The maximum atomic E-state index is 13.3. The van der Waals surface area contributed by atoms with Crippen molar-refractivity contribution in [3.63, 3.8) is 0 Å². The summed E-state index contributed by atoms with van der Waals surface area (Å²) in [7, 11) is 1.59. The number of carbonyl (C=O) groups is 1. The van der Waals surface area contributed by atoms with Gasteiger partial charge in [0.25, 0.3) is 11.1 Å². The number of ether oxygens (including phenoxy) is 2. The first-order valence-electron chi connectivity index (χ1n) is 10.1. The summed E-state index contributed by atoms with van der Waals surface area (Å²) in [5.74, 6) is 0.303. The summed E-state index contributed by atoms with van der Waals surface area (Å²) in [6.07, 6.45) is 5.02. The van der Waals surface area contributed by atoms with E-state index in [9.17, 15) is 4.79 Å². The van der Waals surface area contributed by atoms with Crippen LogP contribution in [0.4, 0.5) is 5.13 Å². The number of methoxy groups -OCH3 is 1. The molecule has 11 heteroatoms. The fourth-order valence-corrected chi connectivity index (χ4v) is 4.05. The molecule has 1 amide bonds. The Morgan fingerprint density at radius 1 is 1.15 bits per heavy atom. The van der Waals surface area contributed by atoms with Crippen molar-refractivity contribution in [1.29, 1.82) is 0 Å². The number of anilines is 1. The molecule has 0 fully saturated rings. The van der Waals surface area contributed by atoms with E-state index in [1.165, 1.54) is 0 Å². The highest BCUT2D eigenvalue weighted by Gasteiger charge is 2.19. The Bertz CT molecular complexity index is 1470. The maximum Gasteiger partial charge on any atom is 0.296 e. The molecular weight excluding hydrogens is 476 g/mol. The molecule has 170 valence electrons. The molecule has 0 atom stereocenters. The molecule has 9 nitrogen and oxygen atoms in total. The van der Waals surface area contributed by atoms with Gasteiger partial charge < -0.3 is 9.47 Å². The van der Waals surface area contributed by atoms with E-state index in [1.807, 2.05) is 30.3 Å². The second kappa shape index (κ2) is 9.46. The molecule has 0 saturated carbocycles. The Balaban J connectivity index is 1.39. The van der Waals surface area contributed by atoms with Crippen LogP contribution in [0.2, 0.25) is 5.02 Å². The molecule has 0 spiro atoms. The number of fused-ring (bicyclic) bond motifs is 1. The van der Waals surface area contributed by atoms with Gasteiger partial charge in [0, 0.05) is 29.7 Å². The summed E-state index contributed by atoms with van der Waals surface area (Å²) in [6, 6.07) is 14.6. The van der Waals surface area contributed by atoms with Gasteiger partial charge in [-0.15, -0.1) is 5.10 Å². The first-order valence-corrected chi connectivity index (χ1v) is 11.3. The van der Waals surface area contributed by atoms with Crippen LogP contribution in [0.3, 0.4) is 0 Å². The van der Waals surface area contributed by atoms with E-state index in [0.717, 1.165) is 22.4 Å². The van der Waals surface area contributed by atoms with Crippen LogP contribution in [0, 0.1) is 0 Å². The van der Waals surface area contributed by atoms with E-state index in [-0.39, 0.29) is 12.5 Å². The van der Waals surface area contributed by atoms with Gasteiger partial charge in [0.05, 0.1) is 28.9 Å². The summed E-state index contributed by atoms with van der Waals surface area (Å²) in [5.41, 5.74) is 3.35. The SMILES string of the molecule is COc1ccccc1-c1cn2nccc2cc1C(=O)Nc1nnc(OCc2ccc(Cl)cn2)s1. The molecule has 5 rings (SSSR count). The number of nitrogens with one attached hydrogen (secondary N) is 1. The van der Waals surface area contributed by atoms with Crippen LogP contribution in [0.15, 0.2) is 67.1 Å². The van der Waals surface area contributed by atoms with E-state index >= 15 is 0 Å². The molecular formula is C23H17ClN6O3S. The van der Waals surface area contributed by atoms with Crippen LogP contribution in [-0.2, 0) is 6.61 Å². The van der Waals surface area contributed by atoms with Gasteiger partial charge in [0.2, 0.25) is 5.13 Å². The monoisotopic (exact) mass is 492 g/mol. The normalized spacial score (nSPS) is 10.9. The van der Waals surface area contributed by atoms with Crippen molar-refractivity contribution in [3.8, 4) is 22.1 Å². The number of aromatic nitrogens is 5. The van der Waals surface area contributed by atoms with Gasteiger partial charge >= 0.3 is 0 Å². The molecule has 0 radical (unpaired) electrons. The van der Waals surface area contributed by atoms with Crippen LogP contribution < -0.4 is 14.8 Å². The molecule has 5 aromatic rings. The Kier molecular flexibility index (Phi) is 6.07. The van der Waals surface area contributed by atoms with Crippen molar-refractivity contribution in [2.75, 3.05) is 12.4 Å². The number of hydrogen-bond donors (Lipinski definition) is 1. The van der Waals surface area contributed by atoms with Crippen LogP contribution in [-0.4, -0.2) is 37.8 Å². The first-order chi connectivity index (χ1) is 16.6. The minimum Gasteiger partial charge on any atom is -0.496 e. The van der Waals surface area contributed by atoms with Crippen LogP contribution >= 0.6 is 22.9 Å². The number of halogens is 1. The zero-order chi connectivity index (χ0) is 23.5. The lowest BCUT2D eigenvalue weighted by molar-refractivity contribution is 0.102. The topological polar surface area (TPSA) is 104 Å². The van der Waals surface area contributed by atoms with Gasteiger partial charge in [-0.05, 0) is 41.7 Å². The largest absolute Gasteiger partial charge is 0.496 e. The lowest BCUT2D eigenvalue weighted by atomic mass is 10.00. The lowest BCUT2D eigenvalue weighted by Crippen LogP contribution is -2.14. The van der Waals surface area contributed by atoms with Crippen molar-refractivity contribution < 1.29 is 14.3 Å². The van der Waals surface area contributed by atoms with Crippen molar-refractivity contribution in [3.05, 3.63) is 83.4 Å². The predicted molar refractivity (Wildman–Crippen MR) is 129 cm³/mol. The molecule has 0 unspecified atom stereocenters. The van der Waals surface area contributed by atoms with Crippen LogP contribution in [0.25, 0.3) is 16.6 Å². The summed E-state index contributed by atoms with van der Waals surface area (Å²) in [4.78, 5) is 17.5. The number of benzene rings is 1. The molecule has 1 N–H and O–H groups in total. The predicted octanol–water partition coefficient (Wildman–Crippen LogP) is 4.74. The molecule has 34 heavy (non-hydrogen) atoms. The molecule has 4 aromatic heterocycles. The highest BCUT2D eigenvalue weighted by atomic mass is 35.5. The third kappa shape index (κ3) is 4.54. The Hall–Kier alpha value is -4.02. The molecule has 0 saturated heterocycles. The number of nitrogens with zero attached hydrogens (tertiary/aromatic N) is 5. The first kappa shape index (κ1) is 21.8. The summed E-state index contributed by atoms with van der Waals surface area (Å²) in [6.45, 7) is 0.204. The zero-order valence-corrected chi connectivity index (χ0v) is 19.4. The Morgan fingerprint density at radius 2 is 2.03 bits per heavy atom. The third-order valence-electron chi connectivity index (χ3n) is 4.94.